The standard InChI is InChI=1S/C18H28N2O5S2/c1-3-14(2)15-4-6-16(7-5-15)27(24,25)20-10-8-19(9-11-20)17-12-26(22,23)13-18(17)21/h4-7,14,17-18,21H,3,8-13H2,1-2H3/t14-,17+,18-/m0/s1. The predicted molar refractivity (Wildman–Crippen MR) is 104 cm³/mol. The summed E-state index contributed by atoms with van der Waals surface area (Å²) in [6.07, 6.45) is 0.0998. The number of benzene rings is 1. The van der Waals surface area contributed by atoms with Crippen LogP contribution >= 0.6 is 0 Å². The molecule has 0 amide bonds. The summed E-state index contributed by atoms with van der Waals surface area (Å²) >= 11 is 0. The minimum atomic E-state index is -3.57. The van der Waals surface area contributed by atoms with Crippen molar-refractivity contribution in [3.8, 4) is 0 Å². The molecule has 0 saturated carbocycles. The summed E-state index contributed by atoms with van der Waals surface area (Å²) in [5, 5.41) is 10.0. The highest BCUT2D eigenvalue weighted by Gasteiger charge is 2.41. The Morgan fingerprint density at radius 2 is 1.70 bits per heavy atom. The lowest BCUT2D eigenvalue weighted by molar-refractivity contribution is 0.0618. The molecular formula is C18H28N2O5S2. The second kappa shape index (κ2) is 7.79. The van der Waals surface area contributed by atoms with E-state index < -0.39 is 32.0 Å². The molecule has 2 aliphatic rings. The highest BCUT2D eigenvalue weighted by Crippen LogP contribution is 2.25. The lowest BCUT2D eigenvalue weighted by atomic mass is 9.99. The van der Waals surface area contributed by atoms with Gasteiger partial charge >= 0.3 is 0 Å². The monoisotopic (exact) mass is 416 g/mol. The Bertz CT molecular complexity index is 860. The van der Waals surface area contributed by atoms with Gasteiger partial charge in [0.1, 0.15) is 0 Å². The summed E-state index contributed by atoms with van der Waals surface area (Å²) in [6, 6.07) is 6.64. The van der Waals surface area contributed by atoms with Crippen LogP contribution in [0, 0.1) is 0 Å². The van der Waals surface area contributed by atoms with Gasteiger partial charge in [-0.15, -0.1) is 0 Å². The van der Waals surface area contributed by atoms with E-state index in [1.54, 1.807) is 12.1 Å². The molecule has 152 valence electrons. The van der Waals surface area contributed by atoms with Gasteiger partial charge in [-0.1, -0.05) is 26.0 Å². The van der Waals surface area contributed by atoms with Crippen molar-refractivity contribution in [3.63, 3.8) is 0 Å². The van der Waals surface area contributed by atoms with Crippen LogP contribution in [-0.4, -0.2) is 81.0 Å². The number of sulfone groups is 1. The first-order valence-corrected chi connectivity index (χ1v) is 12.6. The van der Waals surface area contributed by atoms with Gasteiger partial charge in [0.25, 0.3) is 0 Å². The Morgan fingerprint density at radius 1 is 1.11 bits per heavy atom. The molecule has 1 aromatic carbocycles. The lowest BCUT2D eigenvalue weighted by Crippen LogP contribution is -2.54. The van der Waals surface area contributed by atoms with E-state index in [1.165, 1.54) is 4.31 Å². The zero-order chi connectivity index (χ0) is 19.8. The van der Waals surface area contributed by atoms with E-state index in [0.717, 1.165) is 12.0 Å². The quantitative estimate of drug-likeness (QED) is 0.758. The van der Waals surface area contributed by atoms with Crippen molar-refractivity contribution in [2.45, 2.75) is 43.2 Å². The highest BCUT2D eigenvalue weighted by atomic mass is 32.2. The number of aliphatic hydroxyl groups is 1. The maximum Gasteiger partial charge on any atom is 0.243 e. The first-order chi connectivity index (χ1) is 12.6. The van der Waals surface area contributed by atoms with Gasteiger partial charge < -0.3 is 5.11 Å². The lowest BCUT2D eigenvalue weighted by Gasteiger charge is -2.37. The van der Waals surface area contributed by atoms with Crippen molar-refractivity contribution in [2.75, 3.05) is 37.7 Å². The molecule has 0 aromatic heterocycles. The molecule has 0 radical (unpaired) electrons. The molecular weight excluding hydrogens is 388 g/mol. The molecule has 1 N–H and O–H groups in total. The molecule has 2 heterocycles. The van der Waals surface area contributed by atoms with Crippen LogP contribution in [0.5, 0.6) is 0 Å². The van der Waals surface area contributed by atoms with Gasteiger partial charge in [-0.05, 0) is 30.0 Å². The van der Waals surface area contributed by atoms with Crippen molar-refractivity contribution in [1.29, 1.82) is 0 Å². The maximum atomic E-state index is 12.9. The molecule has 2 aliphatic heterocycles. The van der Waals surface area contributed by atoms with Gasteiger partial charge in [0.05, 0.1) is 28.5 Å². The SMILES string of the molecule is CC[C@H](C)c1ccc(S(=O)(=O)N2CCN([C@@H]3CS(=O)(=O)C[C@@H]3O)CC2)cc1. The second-order valence-electron chi connectivity index (χ2n) is 7.53. The van der Waals surface area contributed by atoms with Crippen LogP contribution in [0.15, 0.2) is 29.2 Å². The van der Waals surface area contributed by atoms with E-state index in [1.807, 2.05) is 17.0 Å². The van der Waals surface area contributed by atoms with Crippen molar-refractivity contribution < 1.29 is 21.9 Å². The number of aliphatic hydroxyl groups excluding tert-OH is 1. The number of hydrogen-bond acceptors (Lipinski definition) is 6. The maximum absolute atomic E-state index is 12.9. The van der Waals surface area contributed by atoms with Crippen molar-refractivity contribution in [3.05, 3.63) is 29.8 Å². The normalized spacial score (nSPS) is 28.3. The van der Waals surface area contributed by atoms with E-state index >= 15 is 0 Å². The molecule has 2 fully saturated rings. The molecule has 3 rings (SSSR count). The number of rotatable bonds is 5. The number of piperazine rings is 1. The van der Waals surface area contributed by atoms with Gasteiger partial charge in [0.2, 0.25) is 10.0 Å². The topological polar surface area (TPSA) is 95.0 Å². The van der Waals surface area contributed by atoms with Crippen LogP contribution < -0.4 is 0 Å². The van der Waals surface area contributed by atoms with Gasteiger partial charge in [-0.3, -0.25) is 4.90 Å². The fourth-order valence-corrected chi connectivity index (χ4v) is 7.04. The summed E-state index contributed by atoms with van der Waals surface area (Å²) in [5.41, 5.74) is 1.12. The molecule has 7 nitrogen and oxygen atoms in total. The van der Waals surface area contributed by atoms with Crippen molar-refractivity contribution in [1.82, 2.24) is 9.21 Å². The molecule has 0 aliphatic carbocycles. The highest BCUT2D eigenvalue weighted by molar-refractivity contribution is 7.91. The summed E-state index contributed by atoms with van der Waals surface area (Å²) < 4.78 is 50.6. The van der Waals surface area contributed by atoms with Gasteiger partial charge in [-0.2, -0.15) is 4.31 Å². The van der Waals surface area contributed by atoms with Gasteiger partial charge in [-0.25, -0.2) is 16.8 Å². The first-order valence-electron chi connectivity index (χ1n) is 9.36. The van der Waals surface area contributed by atoms with E-state index in [-0.39, 0.29) is 16.4 Å². The van der Waals surface area contributed by atoms with E-state index in [2.05, 4.69) is 13.8 Å². The predicted octanol–water partition coefficient (Wildman–Crippen LogP) is 0.664. The molecule has 27 heavy (non-hydrogen) atoms. The number of hydrogen-bond donors (Lipinski definition) is 1. The van der Waals surface area contributed by atoms with Gasteiger partial charge in [0.15, 0.2) is 9.84 Å². The largest absolute Gasteiger partial charge is 0.390 e. The number of sulfonamides is 1. The zero-order valence-corrected chi connectivity index (χ0v) is 17.4. The summed E-state index contributed by atoms with van der Waals surface area (Å²) in [5.74, 6) is 0.121. The summed E-state index contributed by atoms with van der Waals surface area (Å²) in [6.45, 7) is 5.63. The fourth-order valence-electron chi connectivity index (χ4n) is 3.79. The minimum Gasteiger partial charge on any atom is -0.390 e. The fraction of sp³-hybridized carbons (Fsp3) is 0.667. The Labute approximate surface area is 161 Å². The van der Waals surface area contributed by atoms with Crippen LogP contribution in [0.3, 0.4) is 0 Å². The van der Waals surface area contributed by atoms with Crippen LogP contribution in [-0.2, 0) is 19.9 Å². The smallest absolute Gasteiger partial charge is 0.243 e. The van der Waals surface area contributed by atoms with Crippen LogP contribution in [0.4, 0.5) is 0 Å². The summed E-state index contributed by atoms with van der Waals surface area (Å²) in [7, 11) is -6.78. The van der Waals surface area contributed by atoms with Crippen molar-refractivity contribution in [2.24, 2.45) is 0 Å². The van der Waals surface area contributed by atoms with Crippen molar-refractivity contribution >= 4 is 19.9 Å². The molecule has 0 unspecified atom stereocenters. The second-order valence-corrected chi connectivity index (χ2v) is 11.6. The van der Waals surface area contributed by atoms with E-state index in [0.29, 0.717) is 32.1 Å². The average molecular weight is 417 g/mol. The average Bonchev–Trinajstić information content (AvgIpc) is 2.93. The first kappa shape index (κ1) is 20.7. The third kappa shape index (κ3) is 4.37. The molecule has 3 atom stereocenters. The Hall–Kier alpha value is -1.00. The van der Waals surface area contributed by atoms with Crippen LogP contribution in [0.1, 0.15) is 31.7 Å². The Balaban J connectivity index is 1.66. The Kier molecular flexibility index (Phi) is 5.98. The number of nitrogens with zero attached hydrogens (tertiary/aromatic N) is 2. The molecule has 2 saturated heterocycles. The van der Waals surface area contributed by atoms with E-state index in [9.17, 15) is 21.9 Å². The summed E-state index contributed by atoms with van der Waals surface area (Å²) in [4.78, 5) is 2.18. The Morgan fingerprint density at radius 3 is 2.19 bits per heavy atom. The molecule has 0 spiro atoms. The minimum absolute atomic E-state index is 0.0575. The van der Waals surface area contributed by atoms with Gasteiger partial charge in [0, 0.05) is 26.2 Å². The molecule has 9 heteroatoms. The van der Waals surface area contributed by atoms with E-state index in [4.69, 9.17) is 0 Å². The van der Waals surface area contributed by atoms with Crippen LogP contribution in [0.2, 0.25) is 0 Å². The molecule has 1 aromatic rings. The van der Waals surface area contributed by atoms with Crippen LogP contribution in [0.25, 0.3) is 0 Å². The zero-order valence-electron chi connectivity index (χ0n) is 15.8. The third-order valence-corrected chi connectivity index (χ3v) is 9.35. The third-order valence-electron chi connectivity index (χ3n) is 5.74. The molecule has 0 bridgehead atoms.